The van der Waals surface area contributed by atoms with Gasteiger partial charge in [0.05, 0.1) is 6.42 Å². The minimum absolute atomic E-state index is 0.152. The SMILES string of the molecule is CCC(C(N)=O)N1C=CC=C(c2cccc(Cl)c2)CC1=O. The molecule has 1 aliphatic rings. The van der Waals surface area contributed by atoms with E-state index in [1.807, 2.05) is 31.2 Å². The van der Waals surface area contributed by atoms with Crippen molar-refractivity contribution in [1.82, 2.24) is 4.90 Å². The molecule has 1 aliphatic heterocycles. The zero-order chi connectivity index (χ0) is 15.4. The van der Waals surface area contributed by atoms with Crippen molar-refractivity contribution in [3.63, 3.8) is 0 Å². The van der Waals surface area contributed by atoms with Crippen molar-refractivity contribution in [3.05, 3.63) is 53.2 Å². The topological polar surface area (TPSA) is 63.4 Å². The summed E-state index contributed by atoms with van der Waals surface area (Å²) in [7, 11) is 0. The molecule has 0 bridgehead atoms. The maximum atomic E-state index is 12.4. The summed E-state index contributed by atoms with van der Waals surface area (Å²) in [5, 5.41) is 0.620. The summed E-state index contributed by atoms with van der Waals surface area (Å²) in [5.74, 6) is -0.651. The molecule has 21 heavy (non-hydrogen) atoms. The van der Waals surface area contributed by atoms with Crippen LogP contribution in [0, 0.1) is 0 Å². The Morgan fingerprint density at radius 1 is 1.48 bits per heavy atom. The Morgan fingerprint density at radius 2 is 2.24 bits per heavy atom. The van der Waals surface area contributed by atoms with Crippen molar-refractivity contribution in [2.24, 2.45) is 5.73 Å². The maximum absolute atomic E-state index is 12.4. The Balaban J connectivity index is 2.24. The van der Waals surface area contributed by atoms with Gasteiger partial charge >= 0.3 is 0 Å². The standard InChI is InChI=1S/C16H17ClN2O2/c1-2-14(16(18)21)19-8-4-6-12(10-15(19)20)11-5-3-7-13(17)9-11/h3-9,14H,2,10H2,1H3,(H2,18,21). The molecule has 0 aromatic heterocycles. The van der Waals surface area contributed by atoms with Crippen LogP contribution in [0.4, 0.5) is 0 Å². The summed E-state index contributed by atoms with van der Waals surface area (Å²) >= 11 is 5.98. The number of carbonyl (C=O) groups excluding carboxylic acids is 2. The van der Waals surface area contributed by atoms with Crippen LogP contribution in [-0.4, -0.2) is 22.8 Å². The third-order valence-corrected chi connectivity index (χ3v) is 3.66. The second-order valence-electron chi connectivity index (χ2n) is 4.85. The summed E-state index contributed by atoms with van der Waals surface area (Å²) in [6, 6.07) is 6.73. The summed E-state index contributed by atoms with van der Waals surface area (Å²) in [4.78, 5) is 25.2. The summed E-state index contributed by atoms with van der Waals surface area (Å²) in [5.41, 5.74) is 7.12. The molecule has 2 rings (SSSR count). The third kappa shape index (κ3) is 3.52. The van der Waals surface area contributed by atoms with Gasteiger partial charge in [0.25, 0.3) is 0 Å². The van der Waals surface area contributed by atoms with E-state index >= 15 is 0 Å². The van der Waals surface area contributed by atoms with Crippen molar-refractivity contribution >= 4 is 29.0 Å². The number of hydrogen-bond acceptors (Lipinski definition) is 2. The van der Waals surface area contributed by atoms with Gasteiger partial charge in [-0.1, -0.05) is 36.7 Å². The lowest BCUT2D eigenvalue weighted by Crippen LogP contribution is -2.44. The van der Waals surface area contributed by atoms with E-state index in [0.717, 1.165) is 11.1 Å². The molecular formula is C16H17ClN2O2. The van der Waals surface area contributed by atoms with Crippen molar-refractivity contribution in [3.8, 4) is 0 Å². The van der Waals surface area contributed by atoms with E-state index in [1.165, 1.54) is 4.90 Å². The number of amides is 2. The highest BCUT2D eigenvalue weighted by atomic mass is 35.5. The van der Waals surface area contributed by atoms with Crippen molar-refractivity contribution in [1.29, 1.82) is 0 Å². The molecule has 1 heterocycles. The van der Waals surface area contributed by atoms with E-state index in [0.29, 0.717) is 11.4 Å². The van der Waals surface area contributed by atoms with Gasteiger partial charge in [-0.2, -0.15) is 0 Å². The molecule has 4 nitrogen and oxygen atoms in total. The van der Waals surface area contributed by atoms with Crippen LogP contribution in [0.3, 0.4) is 0 Å². The van der Waals surface area contributed by atoms with E-state index in [4.69, 9.17) is 17.3 Å². The summed E-state index contributed by atoms with van der Waals surface area (Å²) in [6.45, 7) is 1.83. The number of nitrogens with two attached hydrogens (primary N) is 1. The number of allylic oxidation sites excluding steroid dienone is 2. The van der Waals surface area contributed by atoms with Gasteiger partial charge in [0.15, 0.2) is 0 Å². The summed E-state index contributed by atoms with van der Waals surface area (Å²) in [6.07, 6.45) is 5.91. The van der Waals surface area contributed by atoms with Gasteiger partial charge in [0.1, 0.15) is 6.04 Å². The Labute approximate surface area is 128 Å². The highest BCUT2D eigenvalue weighted by molar-refractivity contribution is 6.30. The first-order valence-corrected chi connectivity index (χ1v) is 7.14. The first kappa shape index (κ1) is 15.3. The lowest BCUT2D eigenvalue weighted by molar-refractivity contribution is -0.135. The molecule has 1 aromatic rings. The number of halogens is 1. The maximum Gasteiger partial charge on any atom is 0.240 e. The van der Waals surface area contributed by atoms with Crippen LogP contribution in [0.15, 0.2) is 42.6 Å². The number of primary amides is 1. The molecule has 110 valence electrons. The zero-order valence-corrected chi connectivity index (χ0v) is 12.5. The predicted octanol–water partition coefficient (Wildman–Crippen LogP) is 2.73. The summed E-state index contributed by atoms with van der Waals surface area (Å²) < 4.78 is 0. The Kier molecular flexibility index (Phi) is 4.81. The largest absolute Gasteiger partial charge is 0.368 e. The van der Waals surface area contributed by atoms with Crippen LogP contribution in [0.2, 0.25) is 5.02 Å². The molecule has 0 saturated heterocycles. The van der Waals surface area contributed by atoms with Gasteiger partial charge < -0.3 is 10.6 Å². The monoisotopic (exact) mass is 304 g/mol. The Bertz CT molecular complexity index is 622. The smallest absolute Gasteiger partial charge is 0.240 e. The lowest BCUT2D eigenvalue weighted by Gasteiger charge is -2.25. The van der Waals surface area contributed by atoms with Gasteiger partial charge in [-0.05, 0) is 35.8 Å². The van der Waals surface area contributed by atoms with Crippen LogP contribution in [0.25, 0.3) is 5.57 Å². The van der Waals surface area contributed by atoms with Crippen LogP contribution in [0.1, 0.15) is 25.3 Å². The number of benzene rings is 1. The normalized spacial score (nSPS) is 16.4. The Hall–Kier alpha value is -2.07. The lowest BCUT2D eigenvalue weighted by atomic mass is 10.0. The van der Waals surface area contributed by atoms with E-state index in [2.05, 4.69) is 0 Å². The molecule has 0 aliphatic carbocycles. The van der Waals surface area contributed by atoms with Crippen LogP contribution >= 0.6 is 11.6 Å². The molecule has 0 fully saturated rings. The number of nitrogens with zero attached hydrogens (tertiary/aromatic N) is 1. The van der Waals surface area contributed by atoms with Crippen LogP contribution in [0.5, 0.6) is 0 Å². The van der Waals surface area contributed by atoms with E-state index in [-0.39, 0.29) is 12.3 Å². The fourth-order valence-electron chi connectivity index (χ4n) is 2.35. The van der Waals surface area contributed by atoms with Gasteiger partial charge in [-0.25, -0.2) is 0 Å². The van der Waals surface area contributed by atoms with Crippen molar-refractivity contribution in [2.45, 2.75) is 25.8 Å². The zero-order valence-electron chi connectivity index (χ0n) is 11.8. The van der Waals surface area contributed by atoms with Gasteiger partial charge in [0, 0.05) is 11.2 Å². The Morgan fingerprint density at radius 3 is 2.86 bits per heavy atom. The van der Waals surface area contributed by atoms with E-state index < -0.39 is 11.9 Å². The highest BCUT2D eigenvalue weighted by Gasteiger charge is 2.26. The van der Waals surface area contributed by atoms with Gasteiger partial charge in [-0.15, -0.1) is 0 Å². The molecule has 0 radical (unpaired) electrons. The third-order valence-electron chi connectivity index (χ3n) is 3.42. The molecule has 1 atom stereocenters. The first-order chi connectivity index (χ1) is 10.0. The predicted molar refractivity (Wildman–Crippen MR) is 83.3 cm³/mol. The first-order valence-electron chi connectivity index (χ1n) is 6.76. The number of carbonyl (C=O) groups is 2. The molecule has 2 amide bonds. The molecular weight excluding hydrogens is 288 g/mol. The minimum Gasteiger partial charge on any atom is -0.368 e. The van der Waals surface area contributed by atoms with Crippen LogP contribution < -0.4 is 5.73 Å². The van der Waals surface area contributed by atoms with E-state index in [1.54, 1.807) is 18.3 Å². The quantitative estimate of drug-likeness (QED) is 0.929. The number of rotatable bonds is 4. The van der Waals surface area contributed by atoms with Crippen LogP contribution in [-0.2, 0) is 9.59 Å². The molecule has 1 aromatic carbocycles. The minimum atomic E-state index is -0.610. The van der Waals surface area contributed by atoms with Crippen molar-refractivity contribution < 1.29 is 9.59 Å². The van der Waals surface area contributed by atoms with Gasteiger partial charge in [-0.3, -0.25) is 9.59 Å². The molecule has 2 N–H and O–H groups in total. The van der Waals surface area contributed by atoms with E-state index in [9.17, 15) is 9.59 Å². The van der Waals surface area contributed by atoms with Crippen molar-refractivity contribution in [2.75, 3.05) is 0 Å². The highest BCUT2D eigenvalue weighted by Crippen LogP contribution is 2.25. The van der Waals surface area contributed by atoms with Gasteiger partial charge in [0.2, 0.25) is 11.8 Å². The number of hydrogen-bond donors (Lipinski definition) is 1. The average molecular weight is 305 g/mol. The average Bonchev–Trinajstić information content (AvgIpc) is 2.62. The molecule has 0 saturated carbocycles. The molecule has 5 heteroatoms. The fourth-order valence-corrected chi connectivity index (χ4v) is 2.54. The molecule has 1 unspecified atom stereocenters. The molecule has 0 spiro atoms. The fraction of sp³-hybridized carbons (Fsp3) is 0.250. The second kappa shape index (κ2) is 6.59. The second-order valence-corrected chi connectivity index (χ2v) is 5.28.